The molecular formula is C11H13FN2O4. The Hall–Kier alpha value is -2.15. The largest absolute Gasteiger partial charge is 0.479 e. The molecule has 1 rings (SSSR count). The number of carboxylic acids is 1. The first-order valence-electron chi connectivity index (χ1n) is 5.12. The fourth-order valence-corrected chi connectivity index (χ4v) is 1.18. The van der Waals surface area contributed by atoms with Gasteiger partial charge in [0.1, 0.15) is 5.82 Å². The van der Waals surface area contributed by atoms with Gasteiger partial charge in [0.25, 0.3) is 0 Å². The smallest absolute Gasteiger partial charge is 0.334 e. The number of halogens is 1. The van der Waals surface area contributed by atoms with Crippen molar-refractivity contribution in [3.63, 3.8) is 0 Å². The second kappa shape index (κ2) is 5.97. The van der Waals surface area contributed by atoms with Gasteiger partial charge in [-0.3, -0.25) is 0 Å². The molecule has 0 saturated heterocycles. The molecule has 0 aliphatic carbocycles. The maximum absolute atomic E-state index is 13.3. The normalized spacial score (nSPS) is 11.7. The topological polar surface area (TPSA) is 98.7 Å². The molecule has 0 aliphatic rings. The van der Waals surface area contributed by atoms with E-state index in [-0.39, 0.29) is 5.69 Å². The van der Waals surface area contributed by atoms with E-state index in [4.69, 9.17) is 10.2 Å². The van der Waals surface area contributed by atoms with Gasteiger partial charge < -0.3 is 20.8 Å². The number of aliphatic carboxylic acids is 1. The van der Waals surface area contributed by atoms with Crippen LogP contribution in [0.15, 0.2) is 18.2 Å². The van der Waals surface area contributed by atoms with Crippen LogP contribution in [0.2, 0.25) is 0 Å². The molecule has 0 saturated carbocycles. The number of urea groups is 1. The van der Waals surface area contributed by atoms with E-state index in [0.29, 0.717) is 0 Å². The monoisotopic (exact) mass is 256 g/mol. The van der Waals surface area contributed by atoms with Crippen LogP contribution in [0.25, 0.3) is 0 Å². The highest BCUT2D eigenvalue weighted by molar-refractivity contribution is 5.89. The van der Waals surface area contributed by atoms with Crippen LogP contribution in [0.1, 0.15) is 5.56 Å². The first-order chi connectivity index (χ1) is 8.40. The van der Waals surface area contributed by atoms with Crippen molar-refractivity contribution in [2.45, 2.75) is 13.0 Å². The molecule has 4 N–H and O–H groups in total. The Bertz CT molecular complexity index is 464. The number of rotatable bonds is 4. The van der Waals surface area contributed by atoms with Crippen molar-refractivity contribution in [2.75, 3.05) is 11.9 Å². The van der Waals surface area contributed by atoms with Crippen molar-refractivity contribution >= 4 is 17.7 Å². The Kier molecular flexibility index (Phi) is 4.61. The van der Waals surface area contributed by atoms with E-state index in [1.54, 1.807) is 13.0 Å². The second-order valence-electron chi connectivity index (χ2n) is 3.67. The minimum Gasteiger partial charge on any atom is -0.479 e. The summed E-state index contributed by atoms with van der Waals surface area (Å²) in [6, 6.07) is 3.39. The molecule has 0 unspecified atom stereocenters. The molecule has 0 bridgehead atoms. The average Bonchev–Trinajstić information content (AvgIpc) is 2.30. The molecule has 98 valence electrons. The highest BCUT2D eigenvalue weighted by Crippen LogP contribution is 2.15. The Balaban J connectivity index is 2.54. The summed E-state index contributed by atoms with van der Waals surface area (Å²) in [7, 11) is 0. The van der Waals surface area contributed by atoms with Gasteiger partial charge in [0.2, 0.25) is 0 Å². The van der Waals surface area contributed by atoms with Gasteiger partial charge in [-0.2, -0.15) is 0 Å². The third kappa shape index (κ3) is 4.02. The molecule has 0 aliphatic heterocycles. The Morgan fingerprint density at radius 3 is 2.72 bits per heavy atom. The van der Waals surface area contributed by atoms with Crippen LogP contribution in [0.3, 0.4) is 0 Å². The number of carbonyl (C=O) groups is 2. The fraction of sp³-hybridized carbons (Fsp3) is 0.273. The summed E-state index contributed by atoms with van der Waals surface area (Å²) in [5.41, 5.74) is 0.745. The third-order valence-corrected chi connectivity index (χ3v) is 2.11. The zero-order valence-corrected chi connectivity index (χ0v) is 9.61. The van der Waals surface area contributed by atoms with Crippen molar-refractivity contribution in [3.8, 4) is 0 Å². The number of amides is 2. The van der Waals surface area contributed by atoms with E-state index < -0.39 is 30.5 Å². The first-order valence-corrected chi connectivity index (χ1v) is 5.12. The Labute approximate surface area is 102 Å². The van der Waals surface area contributed by atoms with Gasteiger partial charge in [-0.1, -0.05) is 6.07 Å². The SMILES string of the molecule is Cc1ccc(F)c(NC(=O)NC[C@H](O)C(=O)O)c1. The standard InChI is InChI=1S/C11H13FN2O4/c1-6-2-3-7(12)8(4-6)14-11(18)13-5-9(15)10(16)17/h2-4,9,15H,5H2,1H3,(H,16,17)(H2,13,14,18)/t9-/m0/s1. The maximum atomic E-state index is 13.3. The van der Waals surface area contributed by atoms with Crippen molar-refractivity contribution in [3.05, 3.63) is 29.6 Å². The molecule has 0 fully saturated rings. The number of aryl methyl sites for hydroxylation is 1. The zero-order valence-electron chi connectivity index (χ0n) is 9.61. The van der Waals surface area contributed by atoms with Crippen LogP contribution in [0.5, 0.6) is 0 Å². The van der Waals surface area contributed by atoms with Gasteiger partial charge in [0, 0.05) is 0 Å². The lowest BCUT2D eigenvalue weighted by Crippen LogP contribution is -2.38. The first kappa shape index (κ1) is 13.9. The number of anilines is 1. The minimum absolute atomic E-state index is 0.0164. The quantitative estimate of drug-likeness (QED) is 0.637. The number of carbonyl (C=O) groups excluding carboxylic acids is 1. The number of aliphatic hydroxyl groups is 1. The summed E-state index contributed by atoms with van der Waals surface area (Å²) in [5, 5.41) is 21.6. The summed E-state index contributed by atoms with van der Waals surface area (Å²) < 4.78 is 13.3. The predicted molar refractivity (Wildman–Crippen MR) is 61.8 cm³/mol. The molecule has 1 aromatic rings. The molecule has 6 nitrogen and oxygen atoms in total. The summed E-state index contributed by atoms with van der Waals surface area (Å²) in [4.78, 5) is 21.6. The van der Waals surface area contributed by atoms with Gasteiger partial charge in [-0.05, 0) is 24.6 Å². The van der Waals surface area contributed by atoms with E-state index in [2.05, 4.69) is 10.6 Å². The summed E-state index contributed by atoms with van der Waals surface area (Å²) >= 11 is 0. The van der Waals surface area contributed by atoms with Crippen LogP contribution in [-0.4, -0.2) is 34.9 Å². The molecule has 0 aromatic heterocycles. The number of benzene rings is 1. The number of hydrogen-bond donors (Lipinski definition) is 4. The van der Waals surface area contributed by atoms with Crippen LogP contribution in [0, 0.1) is 12.7 Å². The molecular weight excluding hydrogens is 243 g/mol. The van der Waals surface area contributed by atoms with Crippen molar-refractivity contribution < 1.29 is 24.2 Å². The van der Waals surface area contributed by atoms with Gasteiger partial charge in [0.05, 0.1) is 12.2 Å². The molecule has 0 spiro atoms. The lowest BCUT2D eigenvalue weighted by molar-refractivity contribution is -0.146. The number of aliphatic hydroxyl groups excluding tert-OH is 1. The molecule has 18 heavy (non-hydrogen) atoms. The van der Waals surface area contributed by atoms with Crippen LogP contribution < -0.4 is 10.6 Å². The molecule has 2 amide bonds. The van der Waals surface area contributed by atoms with E-state index in [1.165, 1.54) is 12.1 Å². The van der Waals surface area contributed by atoms with Crippen LogP contribution in [0.4, 0.5) is 14.9 Å². The second-order valence-corrected chi connectivity index (χ2v) is 3.67. The highest BCUT2D eigenvalue weighted by Gasteiger charge is 2.14. The molecule has 0 radical (unpaired) electrons. The van der Waals surface area contributed by atoms with E-state index >= 15 is 0 Å². The van der Waals surface area contributed by atoms with Crippen molar-refractivity contribution in [2.24, 2.45) is 0 Å². The van der Waals surface area contributed by atoms with Gasteiger partial charge in [-0.25, -0.2) is 14.0 Å². The Morgan fingerprint density at radius 2 is 2.11 bits per heavy atom. The summed E-state index contributed by atoms with van der Waals surface area (Å²) in [6.07, 6.45) is -1.70. The molecule has 0 heterocycles. The van der Waals surface area contributed by atoms with E-state index in [9.17, 15) is 14.0 Å². The van der Waals surface area contributed by atoms with Gasteiger partial charge >= 0.3 is 12.0 Å². The lowest BCUT2D eigenvalue weighted by Gasteiger charge is -2.10. The highest BCUT2D eigenvalue weighted by atomic mass is 19.1. The van der Waals surface area contributed by atoms with Gasteiger partial charge in [0.15, 0.2) is 6.10 Å². The predicted octanol–water partition coefficient (Wildman–Crippen LogP) is 0.701. The Morgan fingerprint density at radius 1 is 1.44 bits per heavy atom. The molecule has 7 heteroatoms. The number of carboxylic acid groups (broad SMARTS) is 1. The lowest BCUT2D eigenvalue weighted by atomic mass is 10.2. The van der Waals surface area contributed by atoms with Crippen LogP contribution in [-0.2, 0) is 4.79 Å². The van der Waals surface area contributed by atoms with Crippen LogP contribution >= 0.6 is 0 Å². The number of nitrogens with one attached hydrogen (secondary N) is 2. The van der Waals surface area contributed by atoms with Crippen molar-refractivity contribution in [1.82, 2.24) is 5.32 Å². The molecule has 1 atom stereocenters. The third-order valence-electron chi connectivity index (χ3n) is 2.11. The molecule has 1 aromatic carbocycles. The van der Waals surface area contributed by atoms with Crippen molar-refractivity contribution in [1.29, 1.82) is 0 Å². The fourth-order valence-electron chi connectivity index (χ4n) is 1.18. The maximum Gasteiger partial charge on any atom is 0.334 e. The average molecular weight is 256 g/mol. The van der Waals surface area contributed by atoms with Gasteiger partial charge in [-0.15, -0.1) is 0 Å². The minimum atomic E-state index is -1.70. The zero-order chi connectivity index (χ0) is 13.7. The summed E-state index contributed by atoms with van der Waals surface area (Å²) in [5.74, 6) is -2.05. The van der Waals surface area contributed by atoms with E-state index in [1.807, 2.05) is 0 Å². The summed E-state index contributed by atoms with van der Waals surface area (Å²) in [6.45, 7) is 1.27. The number of hydrogen-bond acceptors (Lipinski definition) is 3. The van der Waals surface area contributed by atoms with E-state index in [0.717, 1.165) is 5.56 Å².